The van der Waals surface area contributed by atoms with Crippen molar-refractivity contribution in [1.29, 1.82) is 0 Å². The molecule has 0 radical (unpaired) electrons. The number of nitrogens with two attached hydrogens (primary N) is 1. The molecule has 0 aliphatic rings. The van der Waals surface area contributed by atoms with Crippen LogP contribution >= 0.6 is 0 Å². The highest BCUT2D eigenvalue weighted by Gasteiger charge is 2.23. The number of Topliss-reactive ketones (excluding diaryl/α,β-unsaturated/α-hetero) is 1. The fraction of sp³-hybridized carbons (Fsp3) is 0.516. The number of benzene rings is 1. The molecule has 1 amide bonds. The van der Waals surface area contributed by atoms with Crippen LogP contribution in [0.2, 0.25) is 0 Å². The molecule has 0 spiro atoms. The first-order valence-electron chi connectivity index (χ1n) is 15.8. The van der Waals surface area contributed by atoms with Crippen molar-refractivity contribution in [3.63, 3.8) is 0 Å². The number of ketones is 1. The van der Waals surface area contributed by atoms with Gasteiger partial charge in [0.15, 0.2) is 11.2 Å². The second kappa shape index (κ2) is 21.7. The quantitative estimate of drug-likeness (QED) is 0.0348. The monoisotopic (exact) mass is 682 g/mol. The molecule has 0 aliphatic heterocycles. The van der Waals surface area contributed by atoms with E-state index >= 15 is 0 Å². The summed E-state index contributed by atoms with van der Waals surface area (Å²) in [6.07, 6.45) is 4.04. The number of amides is 1. The molecule has 1 atom stereocenters. The lowest BCUT2D eigenvalue weighted by Gasteiger charge is -2.16. The number of ether oxygens (including phenoxy) is 4. The lowest BCUT2D eigenvalue weighted by Crippen LogP contribution is -2.41. The highest BCUT2D eigenvalue weighted by Crippen LogP contribution is 2.13. The number of nitrogen functional groups attached to an aromatic ring is 1. The number of methoxy groups -OCH3 is 1. The lowest BCUT2D eigenvalue weighted by atomic mass is 10.0. The number of anilines is 2. The van der Waals surface area contributed by atoms with Gasteiger partial charge in [0.05, 0.1) is 52.0 Å². The van der Waals surface area contributed by atoms with Crippen molar-refractivity contribution in [3.05, 3.63) is 62.5 Å². The minimum Gasteiger partial charge on any atom is -0.467 e. The molecule has 1 aromatic carbocycles. The van der Waals surface area contributed by atoms with Crippen molar-refractivity contribution in [2.45, 2.75) is 51.1 Å². The Balaban J connectivity index is 1.31. The Labute approximate surface area is 282 Å². The minimum atomic E-state index is -0.981. The molecule has 0 saturated heterocycles. The normalized spacial score (nSPS) is 11.4. The molecule has 0 aliphatic carbocycles. The van der Waals surface area contributed by atoms with Crippen molar-refractivity contribution >= 4 is 40.5 Å². The Morgan fingerprint density at radius 2 is 1.67 bits per heavy atom. The summed E-state index contributed by atoms with van der Waals surface area (Å²) in [6.45, 7) is 3.43. The van der Waals surface area contributed by atoms with Gasteiger partial charge in [-0.05, 0) is 55.5 Å². The topological polar surface area (TPSA) is 258 Å². The smallest absolute Gasteiger partial charge is 0.328 e. The van der Waals surface area contributed by atoms with Crippen LogP contribution in [-0.2, 0) is 35.1 Å². The Bertz CT molecular complexity index is 1610. The first kappa shape index (κ1) is 38.3. The Hall–Kier alpha value is -5.16. The minimum absolute atomic E-state index is 0.0255. The van der Waals surface area contributed by atoms with Gasteiger partial charge in [-0.1, -0.05) is 5.11 Å². The van der Waals surface area contributed by atoms with E-state index in [0.717, 1.165) is 0 Å². The zero-order chi connectivity index (χ0) is 35.3. The van der Waals surface area contributed by atoms with Gasteiger partial charge in [-0.15, -0.1) is 0 Å². The molecule has 18 heteroatoms. The van der Waals surface area contributed by atoms with Crippen LogP contribution in [0.4, 0.5) is 11.6 Å². The predicted molar refractivity (Wildman–Crippen MR) is 179 cm³/mol. The average molecular weight is 683 g/mol. The highest BCUT2D eigenvalue weighted by molar-refractivity contribution is 5.97. The van der Waals surface area contributed by atoms with E-state index < -0.39 is 23.5 Å². The molecular weight excluding hydrogens is 640 g/mol. The van der Waals surface area contributed by atoms with Gasteiger partial charge < -0.3 is 35.3 Å². The van der Waals surface area contributed by atoms with Gasteiger partial charge in [0.2, 0.25) is 5.95 Å². The zero-order valence-electron chi connectivity index (χ0n) is 27.4. The van der Waals surface area contributed by atoms with Crippen LogP contribution in [0.25, 0.3) is 21.6 Å². The number of nitrogens with one attached hydrogen (secondary N) is 3. The number of H-pyrrole nitrogens is 1. The van der Waals surface area contributed by atoms with Crippen LogP contribution in [0, 0.1) is 0 Å². The van der Waals surface area contributed by atoms with Gasteiger partial charge in [-0.25, -0.2) is 14.8 Å². The van der Waals surface area contributed by atoms with Crippen molar-refractivity contribution in [3.8, 4) is 0 Å². The summed E-state index contributed by atoms with van der Waals surface area (Å²) in [6, 6.07) is 5.55. The number of azide groups is 1. The molecule has 3 rings (SSSR count). The highest BCUT2D eigenvalue weighted by atomic mass is 16.5. The van der Waals surface area contributed by atoms with E-state index in [9.17, 15) is 19.2 Å². The predicted octanol–water partition coefficient (Wildman–Crippen LogP) is 2.45. The maximum atomic E-state index is 12.9. The number of nitrogens with zero attached hydrogens (tertiary/aromatic N) is 6. The number of aromatic amines is 1. The number of hydrogen-bond acceptors (Lipinski definition) is 14. The fourth-order valence-corrected chi connectivity index (χ4v) is 4.40. The first-order chi connectivity index (χ1) is 23.8. The largest absolute Gasteiger partial charge is 0.467 e. The summed E-state index contributed by atoms with van der Waals surface area (Å²) in [5.74, 6) is -1.20. The number of fused-ring (bicyclic) bond motifs is 1. The summed E-state index contributed by atoms with van der Waals surface area (Å²) in [5, 5.41) is 9.22. The fourth-order valence-electron chi connectivity index (χ4n) is 4.40. The molecule has 0 fully saturated rings. The van der Waals surface area contributed by atoms with E-state index in [1.54, 1.807) is 24.3 Å². The molecular formula is C31H42N10O8. The Morgan fingerprint density at radius 1 is 0.980 bits per heavy atom. The standard InChI is InChI=1S/C31H42N10O8/c1-46-30(45)25(11-10-24(42)5-2-3-13-47-15-17-49-18-16-48-14-4-12-36-41-33)38-28(43)21-6-8-22(9-7-21)34-19-23-20-35-27-26(37-23)29(44)40-31(32)39-27/h6-9,20,25,34H,2-5,10-19H2,1H3,(H,38,43)(H3,32,35,39,40,44)/t25-/m0/s1. The van der Waals surface area contributed by atoms with Gasteiger partial charge in [-0.2, -0.15) is 4.98 Å². The molecule has 49 heavy (non-hydrogen) atoms. The number of carbonyl (C=O) groups is 3. The first-order valence-corrected chi connectivity index (χ1v) is 15.8. The third kappa shape index (κ3) is 14.2. The molecule has 5 N–H and O–H groups in total. The van der Waals surface area contributed by atoms with Crippen LogP contribution in [0.1, 0.15) is 54.6 Å². The van der Waals surface area contributed by atoms with Crippen LogP contribution in [0.3, 0.4) is 0 Å². The lowest BCUT2D eigenvalue weighted by molar-refractivity contribution is -0.143. The molecule has 0 unspecified atom stereocenters. The van der Waals surface area contributed by atoms with Gasteiger partial charge in [-0.3, -0.25) is 19.4 Å². The van der Waals surface area contributed by atoms with E-state index in [4.69, 9.17) is 30.2 Å². The number of unbranched alkanes of at least 4 members (excludes halogenated alkanes) is 1. The molecule has 2 heterocycles. The molecule has 2 aromatic heterocycles. The van der Waals surface area contributed by atoms with Gasteiger partial charge in [0.25, 0.3) is 11.5 Å². The second-order valence-electron chi connectivity index (χ2n) is 10.6. The summed E-state index contributed by atoms with van der Waals surface area (Å²) >= 11 is 0. The number of esters is 1. The summed E-state index contributed by atoms with van der Waals surface area (Å²) in [4.78, 5) is 67.2. The molecule has 264 valence electrons. The van der Waals surface area contributed by atoms with E-state index in [0.29, 0.717) is 88.8 Å². The maximum absolute atomic E-state index is 12.9. The van der Waals surface area contributed by atoms with Crippen molar-refractivity contribution < 1.29 is 33.3 Å². The van der Waals surface area contributed by atoms with Crippen LogP contribution < -0.4 is 21.9 Å². The Morgan fingerprint density at radius 3 is 2.37 bits per heavy atom. The SMILES string of the molecule is COC(=O)[C@H](CCC(=O)CCCCOCCOCCOCCCN=[N+]=[N-])NC(=O)c1ccc(NCc2cnc3nc(N)[nH]c(=O)c3n2)cc1. The summed E-state index contributed by atoms with van der Waals surface area (Å²) in [7, 11) is 1.22. The number of aromatic nitrogens is 4. The summed E-state index contributed by atoms with van der Waals surface area (Å²) in [5.41, 5.74) is 14.9. The number of carbonyl (C=O) groups excluding carboxylic acids is 3. The number of rotatable bonds is 24. The molecule has 0 saturated carbocycles. The number of hydrogen-bond donors (Lipinski definition) is 4. The third-order valence-electron chi connectivity index (χ3n) is 6.96. The van der Waals surface area contributed by atoms with E-state index in [2.05, 4.69) is 40.6 Å². The molecule has 18 nitrogen and oxygen atoms in total. The van der Waals surface area contributed by atoms with Gasteiger partial charge in [0, 0.05) is 48.8 Å². The van der Waals surface area contributed by atoms with E-state index in [-0.39, 0.29) is 42.3 Å². The molecule has 0 bridgehead atoms. The van der Waals surface area contributed by atoms with Crippen LogP contribution in [-0.4, -0.2) is 96.9 Å². The second-order valence-corrected chi connectivity index (χ2v) is 10.6. The Kier molecular flexibility index (Phi) is 16.9. The van der Waals surface area contributed by atoms with Gasteiger partial charge in [0.1, 0.15) is 11.8 Å². The molecule has 3 aromatic rings. The average Bonchev–Trinajstić information content (AvgIpc) is 3.10. The third-order valence-corrected chi connectivity index (χ3v) is 6.96. The van der Waals surface area contributed by atoms with Crippen molar-refractivity contribution in [1.82, 2.24) is 25.3 Å². The van der Waals surface area contributed by atoms with Crippen LogP contribution in [0.5, 0.6) is 0 Å². The zero-order valence-corrected chi connectivity index (χ0v) is 27.4. The van der Waals surface area contributed by atoms with E-state index in [1.165, 1.54) is 13.3 Å². The van der Waals surface area contributed by atoms with E-state index in [1.807, 2.05) is 0 Å². The summed E-state index contributed by atoms with van der Waals surface area (Å²) < 4.78 is 21.1. The van der Waals surface area contributed by atoms with Gasteiger partial charge >= 0.3 is 5.97 Å². The maximum Gasteiger partial charge on any atom is 0.328 e. The van der Waals surface area contributed by atoms with Crippen molar-refractivity contribution in [2.24, 2.45) is 5.11 Å². The van der Waals surface area contributed by atoms with Crippen LogP contribution in [0.15, 0.2) is 40.4 Å². The van der Waals surface area contributed by atoms with Crippen molar-refractivity contribution in [2.75, 3.05) is 64.3 Å².